The first-order valence-electron chi connectivity index (χ1n) is 17.9. The molecule has 2 saturated heterocycles. The minimum Gasteiger partial charge on any atom is -0.378 e. The van der Waals surface area contributed by atoms with E-state index in [1.165, 1.54) is 32.1 Å². The van der Waals surface area contributed by atoms with Crippen LogP contribution in [0.1, 0.15) is 83.4 Å². The molecule has 0 N–H and O–H groups in total. The number of anilines is 1. The molecule has 0 bridgehead atoms. The Kier molecular flexibility index (Phi) is 12.6. The molecule has 13 heteroatoms. The van der Waals surface area contributed by atoms with Gasteiger partial charge in [0, 0.05) is 83.9 Å². The molecule has 1 aromatic carbocycles. The fourth-order valence-electron chi connectivity index (χ4n) is 7.63. The van der Waals surface area contributed by atoms with E-state index < -0.39 is 25.6 Å². The number of piperidine rings is 1. The van der Waals surface area contributed by atoms with Crippen LogP contribution >= 0.6 is 0 Å². The van der Waals surface area contributed by atoms with Crippen molar-refractivity contribution in [2.45, 2.75) is 82.4 Å². The van der Waals surface area contributed by atoms with Crippen molar-refractivity contribution in [2.24, 2.45) is 11.3 Å². The summed E-state index contributed by atoms with van der Waals surface area (Å²) in [5.74, 6) is 1.56. The molecular formula is C35H57N7O4S2. The van der Waals surface area contributed by atoms with Crippen molar-refractivity contribution in [3.63, 3.8) is 0 Å². The molecule has 0 atom stereocenters. The predicted molar refractivity (Wildman–Crippen MR) is 192 cm³/mol. The van der Waals surface area contributed by atoms with Crippen LogP contribution in [0.2, 0.25) is 0 Å². The van der Waals surface area contributed by atoms with Gasteiger partial charge in [-0.2, -0.15) is 21.3 Å². The van der Waals surface area contributed by atoms with Crippen LogP contribution in [0.15, 0.2) is 47.6 Å². The van der Waals surface area contributed by atoms with Gasteiger partial charge in [-0.15, -0.1) is 0 Å². The Morgan fingerprint density at radius 3 is 1.92 bits per heavy atom. The second-order valence-electron chi connectivity index (χ2n) is 15.0. The predicted octanol–water partition coefficient (Wildman–Crippen LogP) is 4.66. The zero-order chi connectivity index (χ0) is 34.4. The summed E-state index contributed by atoms with van der Waals surface area (Å²) in [5.41, 5.74) is 0.309. The van der Waals surface area contributed by atoms with E-state index in [1.807, 2.05) is 45.0 Å². The largest absolute Gasteiger partial charge is 0.378 e. The van der Waals surface area contributed by atoms with Crippen molar-refractivity contribution in [3.05, 3.63) is 48.5 Å². The fraction of sp³-hybridized carbons (Fsp3) is 0.714. The van der Waals surface area contributed by atoms with E-state index in [4.69, 9.17) is 0 Å². The molecule has 0 amide bonds. The van der Waals surface area contributed by atoms with Crippen molar-refractivity contribution in [3.8, 4) is 0 Å². The van der Waals surface area contributed by atoms with Crippen LogP contribution < -0.4 is 4.90 Å². The van der Waals surface area contributed by atoms with Crippen molar-refractivity contribution in [2.75, 3.05) is 77.9 Å². The summed E-state index contributed by atoms with van der Waals surface area (Å²) < 4.78 is 61.9. The van der Waals surface area contributed by atoms with E-state index in [0.717, 1.165) is 44.0 Å². The van der Waals surface area contributed by atoms with Crippen molar-refractivity contribution in [1.29, 1.82) is 0 Å². The monoisotopic (exact) mass is 703 g/mol. The molecule has 5 rings (SSSR count). The Hall–Kier alpha value is -2.16. The van der Waals surface area contributed by atoms with Crippen LogP contribution in [0.3, 0.4) is 0 Å². The van der Waals surface area contributed by atoms with Gasteiger partial charge in [0.05, 0.1) is 4.90 Å². The lowest BCUT2D eigenvalue weighted by Crippen LogP contribution is -2.52. The first-order chi connectivity index (χ1) is 22.8. The lowest BCUT2D eigenvalue weighted by Gasteiger charge is -2.40. The van der Waals surface area contributed by atoms with Crippen molar-refractivity contribution >= 4 is 25.9 Å². The van der Waals surface area contributed by atoms with E-state index in [2.05, 4.69) is 14.9 Å². The highest BCUT2D eigenvalue weighted by Crippen LogP contribution is 2.31. The zero-order valence-electron chi connectivity index (χ0n) is 29.5. The maximum absolute atomic E-state index is 14.3. The Labute approximate surface area is 289 Å². The van der Waals surface area contributed by atoms with Gasteiger partial charge >= 0.3 is 0 Å². The van der Waals surface area contributed by atoms with Crippen LogP contribution in [0.5, 0.6) is 0 Å². The average Bonchev–Trinajstić information content (AvgIpc) is 3.07. The molecule has 1 aliphatic carbocycles. The molecule has 0 unspecified atom stereocenters. The molecule has 0 spiro atoms. The first-order valence-corrected chi connectivity index (χ1v) is 20.7. The van der Waals surface area contributed by atoms with Gasteiger partial charge in [0.1, 0.15) is 5.82 Å². The van der Waals surface area contributed by atoms with Crippen molar-refractivity contribution in [1.82, 2.24) is 27.8 Å². The highest BCUT2D eigenvalue weighted by molar-refractivity contribution is 7.89. The van der Waals surface area contributed by atoms with E-state index in [-0.39, 0.29) is 23.9 Å². The maximum atomic E-state index is 14.3. The highest BCUT2D eigenvalue weighted by atomic mass is 32.2. The molecule has 1 saturated carbocycles. The van der Waals surface area contributed by atoms with Crippen LogP contribution in [0.4, 0.5) is 5.69 Å². The third kappa shape index (κ3) is 9.54. The number of sulfonamides is 1. The first kappa shape index (κ1) is 37.1. The third-order valence-electron chi connectivity index (χ3n) is 10.3. The van der Waals surface area contributed by atoms with E-state index >= 15 is 0 Å². The SMILES string of the molecule is CN(C)c1ccc(S(=O)(=O)N2CCCN(CC3CCCCC3)CCCN(S(=O)(=O)N3CCC(c4ncccn4)CC3)CC(C)(C)C2)cc1. The lowest BCUT2D eigenvalue weighted by atomic mass is 9.89. The van der Waals surface area contributed by atoms with Crippen LogP contribution in [-0.4, -0.2) is 118 Å². The summed E-state index contributed by atoms with van der Waals surface area (Å²) in [6.45, 7) is 8.68. The molecule has 2 aromatic rings. The van der Waals surface area contributed by atoms with Gasteiger partial charge in [0.25, 0.3) is 10.2 Å². The van der Waals surface area contributed by atoms with Gasteiger partial charge in [-0.05, 0) is 93.3 Å². The van der Waals surface area contributed by atoms with E-state index in [0.29, 0.717) is 44.9 Å². The standard InChI is InChI=1S/C35H57N7O4S2/c1-35(2)28-41(47(43,44)33-15-13-32(14-16-33)38(3)4)23-9-21-39(27-30-11-6-5-7-12-30)22-10-24-42(29-35)48(45,46)40-25-17-31(18-26-40)34-36-19-8-20-37-34/h8,13-16,19-20,30-31H,5-7,9-12,17-18,21-29H2,1-4H3. The fourth-order valence-corrected chi connectivity index (χ4v) is 11.2. The minimum atomic E-state index is -3.81. The molecule has 0 radical (unpaired) electrons. The number of hydrogen-bond acceptors (Lipinski definition) is 8. The number of hydrogen-bond donors (Lipinski definition) is 0. The summed E-state index contributed by atoms with van der Waals surface area (Å²) in [4.78, 5) is 13.5. The normalized spacial score (nSPS) is 22.9. The molecule has 11 nitrogen and oxygen atoms in total. The molecule has 1 aromatic heterocycles. The van der Waals surface area contributed by atoms with Gasteiger partial charge in [0.2, 0.25) is 10.0 Å². The minimum absolute atomic E-state index is 0.138. The number of nitrogens with zero attached hydrogens (tertiary/aromatic N) is 7. The summed E-state index contributed by atoms with van der Waals surface area (Å²) in [7, 11) is -3.72. The van der Waals surface area contributed by atoms with E-state index in [9.17, 15) is 16.8 Å². The highest BCUT2D eigenvalue weighted by Gasteiger charge is 2.39. The number of benzene rings is 1. The zero-order valence-corrected chi connectivity index (χ0v) is 31.1. The summed E-state index contributed by atoms with van der Waals surface area (Å²) >= 11 is 0. The average molecular weight is 704 g/mol. The van der Waals surface area contributed by atoms with Crippen LogP contribution in [0.25, 0.3) is 0 Å². The molecular weight excluding hydrogens is 647 g/mol. The Morgan fingerprint density at radius 2 is 1.31 bits per heavy atom. The topological polar surface area (TPSA) is 110 Å². The quantitative estimate of drug-likeness (QED) is 0.391. The number of aromatic nitrogens is 2. The summed E-state index contributed by atoms with van der Waals surface area (Å²) in [5, 5.41) is 0. The van der Waals surface area contributed by atoms with Gasteiger partial charge in [-0.3, -0.25) is 0 Å². The smallest absolute Gasteiger partial charge is 0.281 e. The molecule has 268 valence electrons. The van der Waals surface area contributed by atoms with Crippen LogP contribution in [0, 0.1) is 11.3 Å². The molecule has 48 heavy (non-hydrogen) atoms. The van der Waals surface area contributed by atoms with Gasteiger partial charge in [-0.1, -0.05) is 33.1 Å². The lowest BCUT2D eigenvalue weighted by molar-refractivity contribution is 0.158. The maximum Gasteiger partial charge on any atom is 0.281 e. The van der Waals surface area contributed by atoms with Gasteiger partial charge < -0.3 is 9.80 Å². The molecule has 3 heterocycles. The van der Waals surface area contributed by atoms with Gasteiger partial charge in [0.15, 0.2) is 0 Å². The summed E-state index contributed by atoms with van der Waals surface area (Å²) in [6, 6.07) is 8.84. The Morgan fingerprint density at radius 1 is 0.729 bits per heavy atom. The van der Waals surface area contributed by atoms with E-state index in [1.54, 1.807) is 43.5 Å². The number of rotatable bonds is 8. The van der Waals surface area contributed by atoms with Crippen LogP contribution in [-0.2, 0) is 20.2 Å². The molecule has 3 fully saturated rings. The molecule has 2 aliphatic heterocycles. The molecule has 3 aliphatic rings. The summed E-state index contributed by atoms with van der Waals surface area (Å²) in [6.07, 6.45) is 12.6. The second kappa shape index (κ2) is 16.2. The second-order valence-corrected chi connectivity index (χ2v) is 18.9. The Bertz CT molecular complexity index is 1510. The van der Waals surface area contributed by atoms with Crippen molar-refractivity contribution < 1.29 is 16.8 Å². The third-order valence-corrected chi connectivity index (χ3v) is 14.1. The van der Waals surface area contributed by atoms with Gasteiger partial charge in [-0.25, -0.2) is 18.4 Å². The Balaban J connectivity index is 1.37.